The fourth-order valence-electron chi connectivity index (χ4n) is 4.03. The molecule has 3 fully saturated rings. The molecule has 35 heavy (non-hydrogen) atoms. The number of fused-ring (bicyclic) bond motifs is 1. The number of aliphatic carboxylic acids is 1. The Morgan fingerprint density at radius 1 is 1.49 bits per heavy atom. The van der Waals surface area contributed by atoms with Crippen molar-refractivity contribution in [2.75, 3.05) is 37.5 Å². The van der Waals surface area contributed by atoms with Gasteiger partial charge >= 0.3 is 5.97 Å². The zero-order valence-electron chi connectivity index (χ0n) is 19.4. The molecule has 0 aliphatic carbocycles. The van der Waals surface area contributed by atoms with Crippen LogP contribution in [0.1, 0.15) is 26.0 Å². The van der Waals surface area contributed by atoms with Gasteiger partial charge in [0.25, 0.3) is 5.91 Å². The number of ether oxygens (including phenoxy) is 2. The monoisotopic (exact) mass is 545 g/mol. The van der Waals surface area contributed by atoms with Crippen molar-refractivity contribution >= 4 is 63.5 Å². The molecular weight excluding hydrogens is 518 g/mol. The Bertz CT molecular complexity index is 1030. The zero-order valence-corrected chi connectivity index (χ0v) is 21.8. The maximum absolute atomic E-state index is 12.9. The lowest BCUT2D eigenvalue weighted by Gasteiger charge is -2.53. The van der Waals surface area contributed by atoms with E-state index in [-0.39, 0.29) is 46.2 Å². The molecule has 12 nitrogen and oxygen atoms in total. The Labute approximate surface area is 214 Å². The van der Waals surface area contributed by atoms with Crippen molar-refractivity contribution in [1.82, 2.24) is 15.2 Å². The first-order chi connectivity index (χ1) is 16.5. The van der Waals surface area contributed by atoms with Crippen LogP contribution in [0.2, 0.25) is 0 Å². The Balaban J connectivity index is 1.39. The molecule has 1 aromatic rings. The molecule has 4 atom stereocenters. The van der Waals surface area contributed by atoms with E-state index in [1.54, 1.807) is 5.38 Å². The molecule has 4 N–H and O–H groups in total. The summed E-state index contributed by atoms with van der Waals surface area (Å²) >= 11 is 3.77. The van der Waals surface area contributed by atoms with Crippen LogP contribution in [0, 0.1) is 0 Å². The summed E-state index contributed by atoms with van der Waals surface area (Å²) in [5.74, 6) is -1.90. The van der Waals surface area contributed by atoms with E-state index in [9.17, 15) is 19.5 Å². The summed E-state index contributed by atoms with van der Waals surface area (Å²) in [5.41, 5.74) is 5.79. The van der Waals surface area contributed by atoms with Gasteiger partial charge in [-0.15, -0.1) is 34.9 Å². The third-order valence-corrected chi connectivity index (χ3v) is 9.70. The average Bonchev–Trinajstić information content (AvgIpc) is 3.24. The Kier molecular flexibility index (Phi) is 7.52. The normalized spacial score (nSPS) is 30.3. The molecule has 3 saturated heterocycles. The van der Waals surface area contributed by atoms with E-state index in [0.717, 1.165) is 11.3 Å². The number of oxime groups is 1. The number of nitrogens with one attached hydrogen (secondary N) is 1. The molecule has 0 aromatic carbocycles. The number of nitrogen functional groups attached to an aromatic ring is 1. The van der Waals surface area contributed by atoms with Crippen molar-refractivity contribution < 1.29 is 33.8 Å². The molecule has 3 aliphatic rings. The number of nitrogens with two attached hydrogens (primary N) is 1. The van der Waals surface area contributed by atoms with Crippen molar-refractivity contribution in [2.45, 2.75) is 48.3 Å². The SMILES string of the molecule is CON=C(C(=O)NC1C(=O)N2CC(SCC3CCOC(C)(C)O3)(C(=O)O)CS[C@H]12)c1csc(N)n1. The Morgan fingerprint density at radius 3 is 2.89 bits per heavy atom. The summed E-state index contributed by atoms with van der Waals surface area (Å²) in [6, 6.07) is -0.804. The highest BCUT2D eigenvalue weighted by Crippen LogP contribution is 2.44. The predicted octanol–water partition coefficient (Wildman–Crippen LogP) is 0.574. The number of thioether (sulfide) groups is 2. The van der Waals surface area contributed by atoms with Gasteiger partial charge in [0.15, 0.2) is 16.6 Å². The van der Waals surface area contributed by atoms with Gasteiger partial charge in [-0.05, 0) is 20.3 Å². The van der Waals surface area contributed by atoms with Crippen LogP contribution >= 0.6 is 34.9 Å². The van der Waals surface area contributed by atoms with Gasteiger partial charge in [-0.1, -0.05) is 5.16 Å². The van der Waals surface area contributed by atoms with Crippen LogP contribution in [0.4, 0.5) is 5.13 Å². The number of nitrogens with zero attached hydrogens (tertiary/aromatic N) is 3. The molecule has 3 aliphatic heterocycles. The van der Waals surface area contributed by atoms with E-state index in [1.165, 1.54) is 35.5 Å². The van der Waals surface area contributed by atoms with Crippen LogP contribution in [-0.2, 0) is 28.7 Å². The molecule has 4 rings (SSSR count). The van der Waals surface area contributed by atoms with Crippen molar-refractivity contribution in [1.29, 1.82) is 0 Å². The van der Waals surface area contributed by atoms with Gasteiger partial charge in [0, 0.05) is 23.4 Å². The number of carboxylic acids is 1. The predicted molar refractivity (Wildman–Crippen MR) is 132 cm³/mol. The van der Waals surface area contributed by atoms with Crippen LogP contribution < -0.4 is 11.1 Å². The number of β-lactam (4-membered cyclic amide) rings is 1. The van der Waals surface area contributed by atoms with Crippen LogP contribution in [0.3, 0.4) is 0 Å². The van der Waals surface area contributed by atoms with Gasteiger partial charge in [0.2, 0.25) is 5.91 Å². The molecule has 0 radical (unpaired) electrons. The van der Waals surface area contributed by atoms with E-state index in [2.05, 4.69) is 15.5 Å². The molecule has 1 aromatic heterocycles. The fourth-order valence-corrected chi connectivity index (χ4v) is 7.60. The first kappa shape index (κ1) is 26.0. The zero-order chi connectivity index (χ0) is 25.4. The smallest absolute Gasteiger partial charge is 0.322 e. The molecule has 0 bridgehead atoms. The van der Waals surface area contributed by atoms with Crippen LogP contribution in [-0.4, -0.2) is 98.3 Å². The maximum Gasteiger partial charge on any atom is 0.322 e. The lowest BCUT2D eigenvalue weighted by Crippen LogP contribution is -2.75. The highest BCUT2D eigenvalue weighted by atomic mass is 32.2. The second-order valence-electron chi connectivity index (χ2n) is 8.70. The second-order valence-corrected chi connectivity index (χ2v) is 12.1. The highest BCUT2D eigenvalue weighted by molar-refractivity contribution is 8.05. The van der Waals surface area contributed by atoms with Crippen molar-refractivity contribution in [3.63, 3.8) is 0 Å². The van der Waals surface area contributed by atoms with Crippen LogP contribution in [0.5, 0.6) is 0 Å². The average molecular weight is 546 g/mol. The molecule has 192 valence electrons. The highest BCUT2D eigenvalue weighted by Gasteiger charge is 2.58. The van der Waals surface area contributed by atoms with Gasteiger partial charge in [0.1, 0.15) is 29.0 Å². The number of thiazole rings is 1. The molecule has 15 heteroatoms. The lowest BCUT2D eigenvalue weighted by molar-refractivity contribution is -0.267. The standard InChI is InChI=1S/C20H27N5O7S3/c1-19(2)31-5-4-10(32-19)6-35-20(17(28)29)8-25-15(27)13(16(25)34-9-20)23-14(26)12(24-30-3)11-7-33-18(21)22-11/h7,10,13,16H,4-6,8-9H2,1-3H3,(H2,21,22)(H,23,26)(H,28,29)/t10?,13?,16-,20?/m1/s1. The van der Waals surface area contributed by atoms with Crippen LogP contribution in [0.25, 0.3) is 0 Å². The summed E-state index contributed by atoms with van der Waals surface area (Å²) in [4.78, 5) is 48.3. The van der Waals surface area contributed by atoms with Crippen molar-refractivity contribution in [3.05, 3.63) is 11.1 Å². The fraction of sp³-hybridized carbons (Fsp3) is 0.650. The largest absolute Gasteiger partial charge is 0.480 e. The Hall–Kier alpha value is -2.07. The summed E-state index contributed by atoms with van der Waals surface area (Å²) < 4.78 is 10.3. The van der Waals surface area contributed by atoms with E-state index in [0.29, 0.717) is 18.8 Å². The lowest BCUT2D eigenvalue weighted by atomic mass is 10.0. The quantitative estimate of drug-likeness (QED) is 0.237. The number of carbonyl (C=O) groups excluding carboxylic acids is 2. The van der Waals surface area contributed by atoms with Gasteiger partial charge in [-0.25, -0.2) is 4.98 Å². The molecule has 2 amide bonds. The minimum Gasteiger partial charge on any atom is -0.480 e. The van der Waals surface area contributed by atoms with E-state index >= 15 is 0 Å². The molecule has 0 spiro atoms. The first-order valence-electron chi connectivity index (χ1n) is 10.8. The van der Waals surface area contributed by atoms with Gasteiger partial charge in [-0.3, -0.25) is 14.4 Å². The summed E-state index contributed by atoms with van der Waals surface area (Å²) in [6.07, 6.45) is 0.536. The van der Waals surface area contributed by atoms with E-state index < -0.39 is 28.5 Å². The third-order valence-electron chi connectivity index (χ3n) is 5.78. The Morgan fingerprint density at radius 2 is 2.26 bits per heavy atom. The molecular formula is C20H27N5O7S3. The number of carbonyl (C=O) groups is 3. The number of hydrogen-bond donors (Lipinski definition) is 3. The summed E-state index contributed by atoms with van der Waals surface area (Å²) in [7, 11) is 1.30. The summed E-state index contributed by atoms with van der Waals surface area (Å²) in [5, 5.41) is 17.9. The van der Waals surface area contributed by atoms with Gasteiger partial charge in [0.05, 0.1) is 12.7 Å². The molecule has 0 saturated carbocycles. The van der Waals surface area contributed by atoms with Gasteiger partial charge < -0.3 is 35.4 Å². The molecule has 3 unspecified atom stereocenters. The van der Waals surface area contributed by atoms with Crippen LogP contribution in [0.15, 0.2) is 10.5 Å². The van der Waals surface area contributed by atoms with Crippen molar-refractivity contribution in [2.24, 2.45) is 5.16 Å². The van der Waals surface area contributed by atoms with Crippen molar-refractivity contribution in [3.8, 4) is 0 Å². The first-order valence-corrected chi connectivity index (χ1v) is 13.7. The van der Waals surface area contributed by atoms with Gasteiger partial charge in [-0.2, -0.15) is 0 Å². The number of rotatable bonds is 8. The van der Waals surface area contributed by atoms with E-state index in [1.807, 2.05) is 13.8 Å². The minimum absolute atomic E-state index is 0.0458. The number of aromatic nitrogens is 1. The number of anilines is 1. The third kappa shape index (κ3) is 5.38. The van der Waals surface area contributed by atoms with E-state index in [4.69, 9.17) is 20.0 Å². The number of carboxylic acid groups (broad SMARTS) is 1. The topological polar surface area (TPSA) is 166 Å². The summed E-state index contributed by atoms with van der Waals surface area (Å²) in [6.45, 7) is 4.25. The number of hydrogen-bond acceptors (Lipinski definition) is 12. The maximum atomic E-state index is 12.9. The number of amides is 2. The molecule has 4 heterocycles. The second kappa shape index (κ2) is 10.1. The minimum atomic E-state index is -1.17.